The Morgan fingerprint density at radius 2 is 2.03 bits per heavy atom. The maximum Gasteiger partial charge on any atom is 0.223 e. The van der Waals surface area contributed by atoms with E-state index in [-0.39, 0.29) is 5.91 Å². The maximum absolute atomic E-state index is 12.1. The first-order chi connectivity index (χ1) is 16.1. The molecule has 1 atom stereocenters. The fourth-order valence-electron chi connectivity index (χ4n) is 3.34. The van der Waals surface area contributed by atoms with E-state index in [9.17, 15) is 4.79 Å². The molecular weight excluding hydrogens is 436 g/mol. The minimum Gasteiger partial charge on any atom is -0.493 e. The van der Waals surface area contributed by atoms with Crippen LogP contribution in [-0.4, -0.2) is 48.8 Å². The predicted molar refractivity (Wildman–Crippen MR) is 133 cm³/mol. The summed E-state index contributed by atoms with van der Waals surface area (Å²) in [6.45, 7) is 3.64. The second-order valence-corrected chi connectivity index (χ2v) is 8.78. The number of benzene rings is 1. The predicted octanol–water partition coefficient (Wildman–Crippen LogP) is 4.08. The van der Waals surface area contributed by atoms with E-state index in [4.69, 9.17) is 9.47 Å². The molecule has 0 spiro atoms. The molecule has 2 N–H and O–H groups in total. The van der Waals surface area contributed by atoms with Gasteiger partial charge in [0.1, 0.15) is 5.00 Å². The lowest BCUT2D eigenvalue weighted by Crippen LogP contribution is -2.33. The van der Waals surface area contributed by atoms with Gasteiger partial charge in [-0.05, 0) is 62.2 Å². The molecule has 1 amide bonds. The van der Waals surface area contributed by atoms with Crippen molar-refractivity contribution >= 4 is 23.3 Å². The molecule has 0 fully saturated rings. The van der Waals surface area contributed by atoms with Gasteiger partial charge in [-0.25, -0.2) is 4.98 Å². The Labute approximate surface area is 199 Å². The highest BCUT2D eigenvalue weighted by Gasteiger charge is 2.06. The molecule has 0 bridgehead atoms. The number of methoxy groups -OCH3 is 2. The monoisotopic (exact) mass is 468 g/mol. The van der Waals surface area contributed by atoms with Crippen molar-refractivity contribution in [2.24, 2.45) is 0 Å². The molecule has 1 unspecified atom stereocenters. The zero-order valence-corrected chi connectivity index (χ0v) is 20.2. The molecule has 3 aromatic rings. The Balaban J connectivity index is 1.30. The number of imidazole rings is 1. The van der Waals surface area contributed by atoms with E-state index >= 15 is 0 Å². The third-order valence-corrected chi connectivity index (χ3v) is 6.27. The van der Waals surface area contributed by atoms with Crippen molar-refractivity contribution in [3.8, 4) is 16.5 Å². The van der Waals surface area contributed by atoms with Crippen LogP contribution in [0.1, 0.15) is 30.2 Å². The number of aromatic nitrogens is 2. The van der Waals surface area contributed by atoms with Gasteiger partial charge in [0.15, 0.2) is 11.5 Å². The number of nitrogens with one attached hydrogen (secondary N) is 2. The number of carbonyl (C=O) groups is 1. The summed E-state index contributed by atoms with van der Waals surface area (Å²) in [6.07, 6.45) is 11.5. The van der Waals surface area contributed by atoms with Gasteiger partial charge >= 0.3 is 0 Å². The Morgan fingerprint density at radius 1 is 1.18 bits per heavy atom. The van der Waals surface area contributed by atoms with Gasteiger partial charge in [-0.1, -0.05) is 12.1 Å². The fourth-order valence-corrected chi connectivity index (χ4v) is 4.23. The molecule has 0 saturated heterocycles. The maximum atomic E-state index is 12.1. The smallest absolute Gasteiger partial charge is 0.223 e. The molecule has 0 saturated carbocycles. The molecule has 0 aliphatic rings. The van der Waals surface area contributed by atoms with Gasteiger partial charge in [-0.15, -0.1) is 11.3 Å². The highest BCUT2D eigenvalue weighted by molar-refractivity contribution is 7.15. The molecule has 7 nitrogen and oxygen atoms in total. The number of ether oxygens (including phenoxy) is 2. The average molecular weight is 469 g/mol. The van der Waals surface area contributed by atoms with E-state index in [2.05, 4.69) is 28.6 Å². The molecule has 0 aliphatic carbocycles. The summed E-state index contributed by atoms with van der Waals surface area (Å²) in [5.41, 5.74) is 1.19. The average Bonchev–Trinajstić information content (AvgIpc) is 3.51. The van der Waals surface area contributed by atoms with E-state index < -0.39 is 0 Å². The van der Waals surface area contributed by atoms with E-state index in [1.54, 1.807) is 38.1 Å². The number of carbonyl (C=O) groups excluding carboxylic acids is 1. The molecule has 0 aliphatic heterocycles. The van der Waals surface area contributed by atoms with Crippen LogP contribution in [0.25, 0.3) is 11.1 Å². The van der Waals surface area contributed by atoms with Crippen LogP contribution >= 0.6 is 11.3 Å². The van der Waals surface area contributed by atoms with Gasteiger partial charge in [0.2, 0.25) is 5.91 Å². The summed E-state index contributed by atoms with van der Waals surface area (Å²) >= 11 is 1.66. The van der Waals surface area contributed by atoms with Gasteiger partial charge in [0.25, 0.3) is 0 Å². The topological polar surface area (TPSA) is 77.4 Å². The second kappa shape index (κ2) is 12.8. The normalized spacial score (nSPS) is 12.1. The van der Waals surface area contributed by atoms with Gasteiger partial charge in [-0.3, -0.25) is 9.36 Å². The van der Waals surface area contributed by atoms with E-state index in [0.717, 1.165) is 40.8 Å². The van der Waals surface area contributed by atoms with Crippen molar-refractivity contribution < 1.29 is 14.3 Å². The van der Waals surface area contributed by atoms with E-state index in [1.165, 1.54) is 5.56 Å². The van der Waals surface area contributed by atoms with Crippen LogP contribution in [0.2, 0.25) is 0 Å². The first-order valence-electron chi connectivity index (χ1n) is 11.0. The van der Waals surface area contributed by atoms with Crippen LogP contribution < -0.4 is 20.1 Å². The Kier molecular flexibility index (Phi) is 9.53. The molecule has 176 valence electrons. The highest BCUT2D eigenvalue weighted by atomic mass is 32.1. The third kappa shape index (κ3) is 7.76. The SMILES string of the molecule is COc1ccc(CCNC(C)CCNC(=O)CC=Cc2ccc(-n3ccnc3)s2)cc1OC. The van der Waals surface area contributed by atoms with Crippen molar-refractivity contribution in [2.45, 2.75) is 32.2 Å². The van der Waals surface area contributed by atoms with Crippen LogP contribution in [0.5, 0.6) is 11.5 Å². The van der Waals surface area contributed by atoms with Crippen molar-refractivity contribution in [1.82, 2.24) is 20.2 Å². The Hall–Kier alpha value is -3.10. The summed E-state index contributed by atoms with van der Waals surface area (Å²) in [5, 5.41) is 7.60. The number of nitrogens with zero attached hydrogens (tertiary/aromatic N) is 2. The van der Waals surface area contributed by atoms with Crippen LogP contribution in [0.4, 0.5) is 0 Å². The second-order valence-electron chi connectivity index (χ2n) is 7.69. The number of hydrogen-bond donors (Lipinski definition) is 2. The largest absolute Gasteiger partial charge is 0.493 e. The number of rotatable bonds is 13. The Bertz CT molecular complexity index is 1030. The van der Waals surface area contributed by atoms with E-state index in [1.807, 2.05) is 47.2 Å². The molecule has 1 aromatic carbocycles. The van der Waals surface area contributed by atoms with Crippen LogP contribution in [0, 0.1) is 0 Å². The number of thiophene rings is 1. The Morgan fingerprint density at radius 3 is 2.79 bits per heavy atom. The molecule has 3 rings (SSSR count). The van der Waals surface area contributed by atoms with E-state index in [0.29, 0.717) is 19.0 Å². The minimum absolute atomic E-state index is 0.0372. The standard InChI is InChI=1S/C25H32N4O3S/c1-19(27-14-12-20-7-9-22(31-2)23(17-20)32-3)11-13-28-24(30)6-4-5-21-8-10-25(33-21)29-16-15-26-18-29/h4-5,7-10,15-19,27H,6,11-14H2,1-3H3,(H,28,30). The molecule has 33 heavy (non-hydrogen) atoms. The quantitative estimate of drug-likeness (QED) is 0.395. The molecule has 0 radical (unpaired) electrons. The van der Waals surface area contributed by atoms with Crippen molar-refractivity contribution in [2.75, 3.05) is 27.3 Å². The first-order valence-corrected chi connectivity index (χ1v) is 11.9. The lowest BCUT2D eigenvalue weighted by Gasteiger charge is -2.15. The lowest BCUT2D eigenvalue weighted by atomic mass is 10.1. The number of hydrogen-bond acceptors (Lipinski definition) is 6. The summed E-state index contributed by atoms with van der Waals surface area (Å²) in [4.78, 5) is 17.3. The zero-order chi connectivity index (χ0) is 23.5. The highest BCUT2D eigenvalue weighted by Crippen LogP contribution is 2.27. The molecule has 2 heterocycles. The van der Waals surface area contributed by atoms with Gasteiger partial charge < -0.3 is 20.1 Å². The van der Waals surface area contributed by atoms with Gasteiger partial charge in [-0.2, -0.15) is 0 Å². The molecular formula is C25H32N4O3S. The summed E-state index contributed by atoms with van der Waals surface area (Å²) in [5.74, 6) is 1.52. The zero-order valence-electron chi connectivity index (χ0n) is 19.4. The summed E-state index contributed by atoms with van der Waals surface area (Å²) in [6, 6.07) is 10.4. The number of amides is 1. The van der Waals surface area contributed by atoms with Gasteiger partial charge in [0, 0.05) is 36.3 Å². The lowest BCUT2D eigenvalue weighted by molar-refractivity contribution is -0.120. The molecule has 8 heteroatoms. The van der Waals surface area contributed by atoms with Crippen molar-refractivity contribution in [3.63, 3.8) is 0 Å². The molecule has 2 aromatic heterocycles. The third-order valence-electron chi connectivity index (χ3n) is 5.21. The first kappa shape index (κ1) is 24.5. The summed E-state index contributed by atoms with van der Waals surface area (Å²) < 4.78 is 12.6. The van der Waals surface area contributed by atoms with Crippen molar-refractivity contribution in [3.05, 3.63) is 65.6 Å². The van der Waals surface area contributed by atoms with Gasteiger partial charge in [0.05, 0.1) is 20.5 Å². The van der Waals surface area contributed by atoms with Crippen LogP contribution in [0.15, 0.2) is 55.1 Å². The fraction of sp³-hybridized carbons (Fsp3) is 0.360. The van der Waals surface area contributed by atoms with Crippen LogP contribution in [-0.2, 0) is 11.2 Å². The van der Waals surface area contributed by atoms with Crippen molar-refractivity contribution in [1.29, 1.82) is 0 Å². The summed E-state index contributed by atoms with van der Waals surface area (Å²) in [7, 11) is 3.28. The van der Waals surface area contributed by atoms with Crippen LogP contribution in [0.3, 0.4) is 0 Å². The minimum atomic E-state index is 0.0372.